The first kappa shape index (κ1) is 15.7. The molecule has 0 atom stereocenters. The predicted molar refractivity (Wildman–Crippen MR) is 78.2 cm³/mol. The van der Waals surface area contributed by atoms with E-state index in [0.29, 0.717) is 19.4 Å². The number of carbonyl (C=O) groups is 1. The summed E-state index contributed by atoms with van der Waals surface area (Å²) in [6.07, 6.45) is 1.96. The van der Waals surface area contributed by atoms with Crippen LogP contribution in [0.5, 0.6) is 0 Å². The first-order valence-corrected chi connectivity index (χ1v) is 6.96. The maximum Gasteiger partial charge on any atom is 0.220 e. The number of hydrogen-bond donors (Lipinski definition) is 2. The molecule has 106 valence electrons. The number of aryl methyl sites for hydroxylation is 1. The molecule has 0 unspecified atom stereocenters. The van der Waals surface area contributed by atoms with Crippen LogP contribution in [0.4, 0.5) is 0 Å². The second kappa shape index (κ2) is 7.29. The van der Waals surface area contributed by atoms with Gasteiger partial charge in [-0.2, -0.15) is 0 Å². The zero-order chi connectivity index (χ0) is 14.3. The highest BCUT2D eigenvalue weighted by Crippen LogP contribution is 2.22. The van der Waals surface area contributed by atoms with Crippen LogP contribution in [0, 0.1) is 0 Å². The summed E-state index contributed by atoms with van der Waals surface area (Å²) in [6.45, 7) is 7.07. The Balaban J connectivity index is 2.56. The molecule has 0 aliphatic heterocycles. The van der Waals surface area contributed by atoms with Gasteiger partial charge in [0.05, 0.1) is 0 Å². The third-order valence-corrected chi connectivity index (χ3v) is 3.43. The largest absolute Gasteiger partial charge is 0.396 e. The van der Waals surface area contributed by atoms with E-state index >= 15 is 0 Å². The summed E-state index contributed by atoms with van der Waals surface area (Å²) in [5.74, 6) is 0.00676. The monoisotopic (exact) mass is 263 g/mol. The van der Waals surface area contributed by atoms with Gasteiger partial charge in [0.2, 0.25) is 5.91 Å². The van der Waals surface area contributed by atoms with Gasteiger partial charge in [0.1, 0.15) is 0 Å². The SMILES string of the molecule is CCc1ccc(C(C)(C)CNC(=O)CCCO)cc1. The first-order valence-electron chi connectivity index (χ1n) is 6.96. The van der Waals surface area contributed by atoms with Gasteiger partial charge >= 0.3 is 0 Å². The molecule has 1 amide bonds. The van der Waals surface area contributed by atoms with Crippen molar-refractivity contribution >= 4 is 5.91 Å². The van der Waals surface area contributed by atoms with E-state index in [0.717, 1.165) is 6.42 Å². The van der Waals surface area contributed by atoms with Gasteiger partial charge in [0, 0.05) is 25.0 Å². The van der Waals surface area contributed by atoms with E-state index in [1.807, 2.05) is 0 Å². The van der Waals surface area contributed by atoms with E-state index in [1.165, 1.54) is 11.1 Å². The minimum Gasteiger partial charge on any atom is -0.396 e. The molecule has 0 radical (unpaired) electrons. The third-order valence-electron chi connectivity index (χ3n) is 3.43. The molecule has 0 aliphatic carbocycles. The van der Waals surface area contributed by atoms with E-state index in [9.17, 15) is 4.79 Å². The molecule has 0 aliphatic rings. The fourth-order valence-corrected chi connectivity index (χ4v) is 1.94. The van der Waals surface area contributed by atoms with E-state index in [2.05, 4.69) is 50.4 Å². The van der Waals surface area contributed by atoms with Crippen molar-refractivity contribution in [3.8, 4) is 0 Å². The number of carbonyl (C=O) groups excluding carboxylic acids is 1. The molecule has 0 spiro atoms. The van der Waals surface area contributed by atoms with Crippen molar-refractivity contribution < 1.29 is 9.90 Å². The van der Waals surface area contributed by atoms with Gasteiger partial charge in [0.25, 0.3) is 0 Å². The normalized spacial score (nSPS) is 11.4. The molecule has 2 N–H and O–H groups in total. The molecular weight excluding hydrogens is 238 g/mol. The number of amides is 1. The van der Waals surface area contributed by atoms with E-state index < -0.39 is 0 Å². The van der Waals surface area contributed by atoms with Crippen molar-refractivity contribution in [2.45, 2.75) is 45.4 Å². The van der Waals surface area contributed by atoms with Crippen molar-refractivity contribution in [3.05, 3.63) is 35.4 Å². The highest BCUT2D eigenvalue weighted by atomic mass is 16.3. The Labute approximate surface area is 116 Å². The molecule has 0 bridgehead atoms. The number of nitrogens with one attached hydrogen (secondary N) is 1. The van der Waals surface area contributed by atoms with Gasteiger partial charge < -0.3 is 10.4 Å². The molecule has 3 heteroatoms. The molecule has 1 aromatic carbocycles. The molecule has 0 saturated carbocycles. The van der Waals surface area contributed by atoms with E-state index in [4.69, 9.17) is 5.11 Å². The zero-order valence-corrected chi connectivity index (χ0v) is 12.2. The fraction of sp³-hybridized carbons (Fsp3) is 0.562. The van der Waals surface area contributed by atoms with Crippen LogP contribution in [0.3, 0.4) is 0 Å². The van der Waals surface area contributed by atoms with Crippen molar-refractivity contribution in [2.75, 3.05) is 13.2 Å². The fourth-order valence-electron chi connectivity index (χ4n) is 1.94. The van der Waals surface area contributed by atoms with Gasteiger partial charge in [-0.1, -0.05) is 45.0 Å². The van der Waals surface area contributed by atoms with Crippen LogP contribution in [-0.2, 0) is 16.6 Å². The zero-order valence-electron chi connectivity index (χ0n) is 12.2. The Morgan fingerprint density at radius 3 is 2.42 bits per heavy atom. The molecule has 0 fully saturated rings. The van der Waals surface area contributed by atoms with Crippen LogP contribution < -0.4 is 5.32 Å². The smallest absolute Gasteiger partial charge is 0.220 e. The van der Waals surface area contributed by atoms with Gasteiger partial charge in [-0.15, -0.1) is 0 Å². The second-order valence-electron chi connectivity index (χ2n) is 5.54. The van der Waals surface area contributed by atoms with Crippen LogP contribution in [0.2, 0.25) is 0 Å². The van der Waals surface area contributed by atoms with Gasteiger partial charge in [-0.25, -0.2) is 0 Å². The maximum absolute atomic E-state index is 11.6. The molecule has 1 aromatic rings. The summed E-state index contributed by atoms with van der Waals surface area (Å²) < 4.78 is 0. The number of aliphatic hydroxyl groups excluding tert-OH is 1. The Morgan fingerprint density at radius 2 is 1.89 bits per heavy atom. The summed E-state index contributed by atoms with van der Waals surface area (Å²) in [4.78, 5) is 11.6. The van der Waals surface area contributed by atoms with Crippen molar-refractivity contribution in [1.82, 2.24) is 5.32 Å². The first-order chi connectivity index (χ1) is 8.99. The maximum atomic E-state index is 11.6. The average Bonchev–Trinajstić information content (AvgIpc) is 2.43. The molecular formula is C16H25NO2. The molecule has 1 rings (SSSR count). The number of aliphatic hydroxyl groups is 1. The predicted octanol–water partition coefficient (Wildman–Crippen LogP) is 2.42. The highest BCUT2D eigenvalue weighted by molar-refractivity contribution is 5.75. The average molecular weight is 263 g/mol. The number of hydrogen-bond acceptors (Lipinski definition) is 2. The van der Waals surface area contributed by atoms with Crippen LogP contribution in [0.15, 0.2) is 24.3 Å². The minimum atomic E-state index is -0.0822. The Hall–Kier alpha value is -1.35. The van der Waals surface area contributed by atoms with Crippen molar-refractivity contribution in [3.63, 3.8) is 0 Å². The van der Waals surface area contributed by atoms with Crippen molar-refractivity contribution in [1.29, 1.82) is 0 Å². The summed E-state index contributed by atoms with van der Waals surface area (Å²) in [5, 5.41) is 11.6. The highest BCUT2D eigenvalue weighted by Gasteiger charge is 2.21. The topological polar surface area (TPSA) is 49.3 Å². The van der Waals surface area contributed by atoms with Gasteiger partial charge in [-0.05, 0) is 24.0 Å². The lowest BCUT2D eigenvalue weighted by atomic mass is 9.84. The lowest BCUT2D eigenvalue weighted by molar-refractivity contribution is -0.121. The lowest BCUT2D eigenvalue weighted by Crippen LogP contribution is -2.36. The molecule has 0 heterocycles. The minimum absolute atomic E-state index is 0.00676. The van der Waals surface area contributed by atoms with Crippen LogP contribution >= 0.6 is 0 Å². The van der Waals surface area contributed by atoms with E-state index in [1.54, 1.807) is 0 Å². The van der Waals surface area contributed by atoms with Gasteiger partial charge in [-0.3, -0.25) is 4.79 Å². The summed E-state index contributed by atoms with van der Waals surface area (Å²) in [6, 6.07) is 8.56. The number of rotatable bonds is 7. The van der Waals surface area contributed by atoms with E-state index in [-0.39, 0.29) is 17.9 Å². The summed E-state index contributed by atoms with van der Waals surface area (Å²) in [5.41, 5.74) is 2.47. The standard InChI is InChI=1S/C16H25NO2/c1-4-13-7-9-14(10-8-13)16(2,3)12-17-15(19)6-5-11-18/h7-10,18H,4-6,11-12H2,1-3H3,(H,17,19). The lowest BCUT2D eigenvalue weighted by Gasteiger charge is -2.26. The molecule has 19 heavy (non-hydrogen) atoms. The Kier molecular flexibility index (Phi) is 6.03. The van der Waals surface area contributed by atoms with Crippen molar-refractivity contribution in [2.24, 2.45) is 0 Å². The van der Waals surface area contributed by atoms with Gasteiger partial charge in [0.15, 0.2) is 0 Å². The molecule has 3 nitrogen and oxygen atoms in total. The summed E-state index contributed by atoms with van der Waals surface area (Å²) >= 11 is 0. The van der Waals surface area contributed by atoms with Crippen LogP contribution in [-0.4, -0.2) is 24.2 Å². The quantitative estimate of drug-likeness (QED) is 0.793. The molecule has 0 saturated heterocycles. The van der Waals surface area contributed by atoms with Crippen LogP contribution in [0.1, 0.15) is 44.7 Å². The number of benzene rings is 1. The Bertz CT molecular complexity index is 396. The van der Waals surface area contributed by atoms with Crippen LogP contribution in [0.25, 0.3) is 0 Å². The Morgan fingerprint density at radius 1 is 1.26 bits per heavy atom. The second-order valence-corrected chi connectivity index (χ2v) is 5.54. The molecule has 0 aromatic heterocycles. The summed E-state index contributed by atoms with van der Waals surface area (Å²) in [7, 11) is 0. The third kappa shape index (κ3) is 5.03.